The van der Waals surface area contributed by atoms with E-state index < -0.39 is 17.8 Å². The van der Waals surface area contributed by atoms with Crippen molar-refractivity contribution in [3.63, 3.8) is 0 Å². The Hall–Kier alpha value is -3.02. The number of aryl methyl sites for hydroxylation is 1. The molecule has 0 aliphatic carbocycles. The minimum Gasteiger partial charge on any atom is -0.341 e. The van der Waals surface area contributed by atoms with Crippen LogP contribution in [0.1, 0.15) is 34.8 Å². The summed E-state index contributed by atoms with van der Waals surface area (Å²) >= 11 is 0. The van der Waals surface area contributed by atoms with E-state index in [9.17, 15) is 9.18 Å². The summed E-state index contributed by atoms with van der Waals surface area (Å²) in [5.74, 6) is -0.121. The summed E-state index contributed by atoms with van der Waals surface area (Å²) in [7, 11) is 0. The number of carbonyl (C=O) groups excluding carboxylic acids is 1. The summed E-state index contributed by atoms with van der Waals surface area (Å²) in [5.41, 5.74) is 2.17. The second kappa shape index (κ2) is 6.62. The van der Waals surface area contributed by atoms with Crippen molar-refractivity contribution in [1.82, 2.24) is 15.5 Å². The van der Waals surface area contributed by atoms with E-state index in [-0.39, 0.29) is 11.5 Å². The predicted molar refractivity (Wildman–Crippen MR) is 86.8 cm³/mol. The molecule has 0 bridgehead atoms. The summed E-state index contributed by atoms with van der Waals surface area (Å²) in [5, 5.41) is 6.66. The minimum atomic E-state index is -0.494. The summed E-state index contributed by atoms with van der Waals surface area (Å²) in [6, 6.07) is 12.7. The van der Waals surface area contributed by atoms with Crippen LogP contribution in [0.4, 0.5) is 4.39 Å². The molecule has 0 aliphatic heterocycles. The Morgan fingerprint density at radius 3 is 2.75 bits per heavy atom. The molecule has 24 heavy (non-hydrogen) atoms. The van der Waals surface area contributed by atoms with Gasteiger partial charge in [0, 0.05) is 11.1 Å². The van der Waals surface area contributed by atoms with Crippen LogP contribution >= 0.6 is 0 Å². The highest BCUT2D eigenvalue weighted by Crippen LogP contribution is 2.19. The molecule has 3 aromatic rings. The zero-order chi connectivity index (χ0) is 17.1. The smallest absolute Gasteiger partial charge is 0.252 e. The molecule has 0 aliphatic rings. The Labute approximate surface area is 138 Å². The standard InChI is InChI=1S/C18H16FN3O2/c1-11-5-3-6-13(9-11)16-21-18(24-22-16)12(2)20-17(23)14-7-4-8-15(19)10-14/h3-10,12H,1-2H3,(H,20,23)/t12-/m1/s1. The molecule has 5 nitrogen and oxygen atoms in total. The maximum atomic E-state index is 13.2. The molecule has 1 amide bonds. The fourth-order valence-corrected chi connectivity index (χ4v) is 2.28. The zero-order valence-corrected chi connectivity index (χ0v) is 13.3. The number of nitrogens with zero attached hydrogens (tertiary/aromatic N) is 2. The SMILES string of the molecule is Cc1cccc(-c2noc([C@@H](C)NC(=O)c3cccc(F)c3)n2)c1. The van der Waals surface area contributed by atoms with E-state index >= 15 is 0 Å². The number of carbonyl (C=O) groups is 1. The van der Waals surface area contributed by atoms with Crippen LogP contribution in [-0.2, 0) is 0 Å². The number of hydrogen-bond acceptors (Lipinski definition) is 4. The molecule has 122 valence electrons. The second-order valence-electron chi connectivity index (χ2n) is 5.53. The normalized spacial score (nSPS) is 12.0. The maximum absolute atomic E-state index is 13.2. The highest BCUT2D eigenvalue weighted by Gasteiger charge is 2.18. The number of benzene rings is 2. The minimum absolute atomic E-state index is 0.236. The third kappa shape index (κ3) is 3.48. The molecule has 1 atom stereocenters. The maximum Gasteiger partial charge on any atom is 0.252 e. The molecule has 0 saturated carbocycles. The van der Waals surface area contributed by atoms with Crippen molar-refractivity contribution in [1.29, 1.82) is 0 Å². The molecule has 3 rings (SSSR count). The average molecular weight is 325 g/mol. The van der Waals surface area contributed by atoms with Crippen LogP contribution < -0.4 is 5.32 Å². The van der Waals surface area contributed by atoms with Gasteiger partial charge >= 0.3 is 0 Å². The van der Waals surface area contributed by atoms with Gasteiger partial charge in [-0.1, -0.05) is 35.0 Å². The molecule has 1 N–H and O–H groups in total. The van der Waals surface area contributed by atoms with Crippen molar-refractivity contribution in [2.45, 2.75) is 19.9 Å². The lowest BCUT2D eigenvalue weighted by molar-refractivity contribution is 0.0932. The Morgan fingerprint density at radius 1 is 1.21 bits per heavy atom. The molecule has 6 heteroatoms. The lowest BCUT2D eigenvalue weighted by Crippen LogP contribution is -2.26. The van der Waals surface area contributed by atoms with Gasteiger partial charge in [0.25, 0.3) is 5.91 Å². The van der Waals surface area contributed by atoms with Crippen molar-refractivity contribution in [2.24, 2.45) is 0 Å². The summed E-state index contributed by atoms with van der Waals surface area (Å²) in [6.07, 6.45) is 0. The predicted octanol–water partition coefficient (Wildman–Crippen LogP) is 3.68. The Morgan fingerprint density at radius 2 is 2.00 bits per heavy atom. The number of nitrogens with one attached hydrogen (secondary N) is 1. The van der Waals surface area contributed by atoms with Crippen LogP contribution in [0.3, 0.4) is 0 Å². The topological polar surface area (TPSA) is 68.0 Å². The zero-order valence-electron chi connectivity index (χ0n) is 13.3. The molecule has 0 fully saturated rings. The molecule has 0 radical (unpaired) electrons. The molecule has 2 aromatic carbocycles. The second-order valence-corrected chi connectivity index (χ2v) is 5.53. The molecule has 1 aromatic heterocycles. The first kappa shape index (κ1) is 15.9. The first-order valence-electron chi connectivity index (χ1n) is 7.50. The van der Waals surface area contributed by atoms with E-state index in [1.807, 2.05) is 31.2 Å². The van der Waals surface area contributed by atoms with Crippen molar-refractivity contribution >= 4 is 5.91 Å². The average Bonchev–Trinajstić information content (AvgIpc) is 3.05. The number of rotatable bonds is 4. The van der Waals surface area contributed by atoms with E-state index in [0.29, 0.717) is 5.82 Å². The Bertz CT molecular complexity index is 876. The van der Waals surface area contributed by atoms with Crippen molar-refractivity contribution in [3.8, 4) is 11.4 Å². The van der Waals surface area contributed by atoms with E-state index in [0.717, 1.165) is 11.1 Å². The number of halogens is 1. The first-order valence-corrected chi connectivity index (χ1v) is 7.50. The summed E-state index contributed by atoms with van der Waals surface area (Å²) < 4.78 is 18.4. The van der Waals surface area contributed by atoms with Crippen molar-refractivity contribution in [3.05, 3.63) is 71.4 Å². The summed E-state index contributed by atoms with van der Waals surface area (Å²) in [6.45, 7) is 3.71. The molecule has 0 spiro atoms. The van der Waals surface area contributed by atoms with E-state index in [4.69, 9.17) is 4.52 Å². The van der Waals surface area contributed by atoms with Gasteiger partial charge in [-0.3, -0.25) is 4.79 Å². The largest absolute Gasteiger partial charge is 0.341 e. The van der Waals surface area contributed by atoms with E-state index in [2.05, 4.69) is 15.5 Å². The van der Waals surface area contributed by atoms with Crippen molar-refractivity contribution < 1.29 is 13.7 Å². The van der Waals surface area contributed by atoms with E-state index in [1.165, 1.54) is 24.3 Å². The molecule has 1 heterocycles. The molecule has 0 unspecified atom stereocenters. The van der Waals surface area contributed by atoms with Crippen LogP contribution in [0, 0.1) is 12.7 Å². The van der Waals surface area contributed by atoms with Crippen LogP contribution in [0.5, 0.6) is 0 Å². The van der Waals surface area contributed by atoms with Gasteiger partial charge in [0.15, 0.2) is 0 Å². The van der Waals surface area contributed by atoms with Crippen LogP contribution in [0.15, 0.2) is 53.1 Å². The quantitative estimate of drug-likeness (QED) is 0.794. The lowest BCUT2D eigenvalue weighted by atomic mass is 10.1. The van der Waals surface area contributed by atoms with Gasteiger partial charge in [0.2, 0.25) is 11.7 Å². The van der Waals surface area contributed by atoms with Gasteiger partial charge in [0.1, 0.15) is 11.9 Å². The van der Waals surface area contributed by atoms with Crippen LogP contribution in [0.2, 0.25) is 0 Å². The van der Waals surface area contributed by atoms with Gasteiger partial charge in [-0.2, -0.15) is 4.98 Å². The van der Waals surface area contributed by atoms with Gasteiger partial charge in [-0.05, 0) is 38.1 Å². The fourth-order valence-electron chi connectivity index (χ4n) is 2.28. The summed E-state index contributed by atoms with van der Waals surface area (Å²) in [4.78, 5) is 16.5. The number of aromatic nitrogens is 2. The Balaban J connectivity index is 1.74. The lowest BCUT2D eigenvalue weighted by Gasteiger charge is -2.09. The number of hydrogen-bond donors (Lipinski definition) is 1. The van der Waals surface area contributed by atoms with Crippen LogP contribution in [-0.4, -0.2) is 16.0 Å². The molecule has 0 saturated heterocycles. The fraction of sp³-hybridized carbons (Fsp3) is 0.167. The van der Waals surface area contributed by atoms with Gasteiger partial charge in [-0.15, -0.1) is 0 Å². The third-order valence-corrected chi connectivity index (χ3v) is 3.52. The number of amides is 1. The van der Waals surface area contributed by atoms with Gasteiger partial charge in [0.05, 0.1) is 0 Å². The molecular weight excluding hydrogens is 309 g/mol. The van der Waals surface area contributed by atoms with Gasteiger partial charge < -0.3 is 9.84 Å². The van der Waals surface area contributed by atoms with Crippen molar-refractivity contribution in [2.75, 3.05) is 0 Å². The highest BCUT2D eigenvalue weighted by atomic mass is 19.1. The van der Waals surface area contributed by atoms with E-state index in [1.54, 1.807) is 6.92 Å². The Kier molecular flexibility index (Phi) is 4.37. The van der Waals surface area contributed by atoms with Crippen LogP contribution in [0.25, 0.3) is 11.4 Å². The first-order chi connectivity index (χ1) is 11.5. The monoisotopic (exact) mass is 325 g/mol. The van der Waals surface area contributed by atoms with Gasteiger partial charge in [-0.25, -0.2) is 4.39 Å². The molecular formula is C18H16FN3O2. The third-order valence-electron chi connectivity index (χ3n) is 3.52. The highest BCUT2D eigenvalue weighted by molar-refractivity contribution is 5.94.